The third-order valence-corrected chi connectivity index (χ3v) is 5.48. The van der Waals surface area contributed by atoms with Crippen LogP contribution in [0.4, 0.5) is 4.39 Å². The van der Waals surface area contributed by atoms with Gasteiger partial charge in [-0.1, -0.05) is 35.0 Å². The lowest BCUT2D eigenvalue weighted by molar-refractivity contribution is -0.126. The fourth-order valence-electron chi connectivity index (χ4n) is 3.62. The van der Waals surface area contributed by atoms with Gasteiger partial charge in [0.25, 0.3) is 0 Å². The number of aryl methyl sites for hydroxylation is 1. The number of carbonyl (C=O) groups excluding carboxylic acids is 1. The van der Waals surface area contributed by atoms with Gasteiger partial charge >= 0.3 is 0 Å². The van der Waals surface area contributed by atoms with Gasteiger partial charge in [0.15, 0.2) is 0 Å². The molecule has 1 fully saturated rings. The molecule has 1 amide bonds. The smallest absolute Gasteiger partial charge is 0.241 e. The van der Waals surface area contributed by atoms with Crippen molar-refractivity contribution in [2.45, 2.75) is 32.9 Å². The number of nitrogens with zero attached hydrogens (tertiary/aromatic N) is 3. The van der Waals surface area contributed by atoms with Crippen LogP contribution in [-0.2, 0) is 17.9 Å². The molecule has 0 aliphatic carbocycles. The molecule has 3 aromatic rings. The van der Waals surface area contributed by atoms with Crippen LogP contribution in [0.15, 0.2) is 53.1 Å². The van der Waals surface area contributed by atoms with Crippen molar-refractivity contribution in [3.05, 3.63) is 71.4 Å². The maximum Gasteiger partial charge on any atom is 0.241 e. The van der Waals surface area contributed by atoms with E-state index in [1.54, 1.807) is 12.1 Å². The first-order valence-corrected chi connectivity index (χ1v) is 10.2. The first kappa shape index (κ1) is 20.2. The molecule has 2 aromatic carbocycles. The van der Waals surface area contributed by atoms with Gasteiger partial charge in [-0.05, 0) is 62.7 Å². The summed E-state index contributed by atoms with van der Waals surface area (Å²) in [5, 5.41) is 7.04. The maximum atomic E-state index is 13.1. The van der Waals surface area contributed by atoms with E-state index in [0.29, 0.717) is 24.8 Å². The Balaban J connectivity index is 1.24. The van der Waals surface area contributed by atoms with Crippen LogP contribution >= 0.6 is 0 Å². The molecule has 4 rings (SSSR count). The van der Waals surface area contributed by atoms with Crippen molar-refractivity contribution in [1.29, 1.82) is 0 Å². The topological polar surface area (TPSA) is 71.3 Å². The predicted octanol–water partition coefficient (Wildman–Crippen LogP) is 3.71. The normalized spacial score (nSPS) is 15.3. The highest BCUT2D eigenvalue weighted by atomic mass is 19.1. The van der Waals surface area contributed by atoms with Crippen molar-refractivity contribution in [3.8, 4) is 11.4 Å². The lowest BCUT2D eigenvalue weighted by atomic mass is 9.96. The molecule has 1 saturated heterocycles. The molecular weight excluding hydrogens is 383 g/mol. The van der Waals surface area contributed by atoms with Crippen LogP contribution in [0, 0.1) is 18.7 Å². The highest BCUT2D eigenvalue weighted by molar-refractivity contribution is 5.78. The molecule has 0 bridgehead atoms. The maximum absolute atomic E-state index is 13.1. The zero-order valence-corrected chi connectivity index (χ0v) is 17.0. The van der Waals surface area contributed by atoms with Crippen molar-refractivity contribution in [2.75, 3.05) is 13.1 Å². The summed E-state index contributed by atoms with van der Waals surface area (Å²) in [4.78, 5) is 19.1. The molecule has 2 heterocycles. The second-order valence-corrected chi connectivity index (χ2v) is 7.77. The molecular formula is C23H25FN4O2. The van der Waals surface area contributed by atoms with Crippen LogP contribution < -0.4 is 5.32 Å². The number of amides is 1. The van der Waals surface area contributed by atoms with Crippen LogP contribution in [0.25, 0.3) is 11.4 Å². The average Bonchev–Trinajstić information content (AvgIpc) is 3.22. The lowest BCUT2D eigenvalue weighted by Crippen LogP contribution is -2.40. The minimum absolute atomic E-state index is 0.0316. The van der Waals surface area contributed by atoms with E-state index in [1.807, 2.05) is 19.1 Å². The van der Waals surface area contributed by atoms with Crippen molar-refractivity contribution >= 4 is 5.91 Å². The first-order valence-electron chi connectivity index (χ1n) is 10.2. The van der Waals surface area contributed by atoms with E-state index in [1.165, 1.54) is 17.7 Å². The second-order valence-electron chi connectivity index (χ2n) is 7.77. The van der Waals surface area contributed by atoms with E-state index < -0.39 is 0 Å². The molecule has 156 valence electrons. The number of benzene rings is 2. The molecule has 30 heavy (non-hydrogen) atoms. The van der Waals surface area contributed by atoms with Crippen molar-refractivity contribution in [3.63, 3.8) is 0 Å². The quantitative estimate of drug-likeness (QED) is 0.673. The number of nitrogens with one attached hydrogen (secondary N) is 1. The van der Waals surface area contributed by atoms with Gasteiger partial charge in [0.2, 0.25) is 17.6 Å². The molecule has 0 saturated carbocycles. The van der Waals surface area contributed by atoms with Gasteiger partial charge in [0, 0.05) is 18.0 Å². The van der Waals surface area contributed by atoms with E-state index >= 15 is 0 Å². The lowest BCUT2D eigenvalue weighted by Gasteiger charge is -2.30. The summed E-state index contributed by atoms with van der Waals surface area (Å²) < 4.78 is 18.4. The van der Waals surface area contributed by atoms with Gasteiger partial charge in [-0.25, -0.2) is 4.39 Å². The minimum Gasteiger partial charge on any atom is -0.352 e. The summed E-state index contributed by atoms with van der Waals surface area (Å²) in [5.41, 5.74) is 3.04. The van der Waals surface area contributed by atoms with Gasteiger partial charge in [-0.2, -0.15) is 4.98 Å². The van der Waals surface area contributed by atoms with E-state index in [0.717, 1.165) is 37.1 Å². The highest BCUT2D eigenvalue weighted by Gasteiger charge is 2.25. The summed E-state index contributed by atoms with van der Waals surface area (Å²) in [6.07, 6.45) is 1.61. The minimum atomic E-state index is -0.298. The number of rotatable bonds is 6. The molecule has 0 unspecified atom stereocenters. The number of aromatic nitrogens is 2. The Morgan fingerprint density at radius 1 is 1.13 bits per heavy atom. The Morgan fingerprint density at radius 3 is 2.53 bits per heavy atom. The number of halogens is 1. The molecule has 1 aliphatic heterocycles. The highest BCUT2D eigenvalue weighted by Crippen LogP contribution is 2.21. The van der Waals surface area contributed by atoms with E-state index in [9.17, 15) is 9.18 Å². The van der Waals surface area contributed by atoms with Crippen LogP contribution in [0.3, 0.4) is 0 Å². The molecule has 0 atom stereocenters. The standard InChI is InChI=1S/C23H25FN4O2/c1-16-2-4-17(5-3-16)14-25-23(29)19-10-12-28(13-11-19)15-21-26-22(27-30-21)18-6-8-20(24)9-7-18/h2-9,19H,10-15H2,1H3,(H,25,29). The molecule has 6 nitrogen and oxygen atoms in total. The molecule has 7 heteroatoms. The third kappa shape index (κ3) is 5.10. The fourth-order valence-corrected chi connectivity index (χ4v) is 3.62. The number of hydrogen-bond acceptors (Lipinski definition) is 5. The number of hydrogen-bond donors (Lipinski definition) is 1. The summed E-state index contributed by atoms with van der Waals surface area (Å²) in [6, 6.07) is 14.2. The monoisotopic (exact) mass is 408 g/mol. The largest absolute Gasteiger partial charge is 0.352 e. The van der Waals surface area contributed by atoms with E-state index in [-0.39, 0.29) is 17.6 Å². The van der Waals surface area contributed by atoms with Gasteiger partial charge in [-0.15, -0.1) is 0 Å². The number of carbonyl (C=O) groups is 1. The molecule has 1 N–H and O–H groups in total. The summed E-state index contributed by atoms with van der Waals surface area (Å²) in [5.74, 6) is 0.830. The summed E-state index contributed by atoms with van der Waals surface area (Å²) in [7, 11) is 0. The molecule has 1 aromatic heterocycles. The molecule has 0 radical (unpaired) electrons. The van der Waals surface area contributed by atoms with Crippen LogP contribution in [0.5, 0.6) is 0 Å². The van der Waals surface area contributed by atoms with E-state index in [2.05, 4.69) is 32.5 Å². The van der Waals surface area contributed by atoms with Crippen molar-refractivity contribution in [1.82, 2.24) is 20.4 Å². The van der Waals surface area contributed by atoms with E-state index in [4.69, 9.17) is 4.52 Å². The Labute approximate surface area is 175 Å². The first-order chi connectivity index (χ1) is 14.6. The Bertz CT molecular complexity index is 977. The number of piperidine rings is 1. The Hall–Kier alpha value is -3.06. The number of likely N-dealkylation sites (tertiary alicyclic amines) is 1. The SMILES string of the molecule is Cc1ccc(CNC(=O)C2CCN(Cc3nc(-c4ccc(F)cc4)no3)CC2)cc1. The van der Waals surface area contributed by atoms with Crippen molar-refractivity contribution < 1.29 is 13.7 Å². The van der Waals surface area contributed by atoms with Crippen LogP contribution in [-0.4, -0.2) is 34.0 Å². The third-order valence-electron chi connectivity index (χ3n) is 5.48. The van der Waals surface area contributed by atoms with Gasteiger partial charge in [0.05, 0.1) is 6.54 Å². The van der Waals surface area contributed by atoms with Crippen LogP contribution in [0.2, 0.25) is 0 Å². The average molecular weight is 408 g/mol. The van der Waals surface area contributed by atoms with Crippen molar-refractivity contribution in [2.24, 2.45) is 5.92 Å². The summed E-state index contributed by atoms with van der Waals surface area (Å²) in [6.45, 7) is 4.77. The Morgan fingerprint density at radius 2 is 1.83 bits per heavy atom. The fraction of sp³-hybridized carbons (Fsp3) is 0.348. The predicted molar refractivity (Wildman–Crippen MR) is 111 cm³/mol. The molecule has 0 spiro atoms. The zero-order valence-electron chi connectivity index (χ0n) is 17.0. The zero-order chi connectivity index (χ0) is 20.9. The van der Waals surface area contributed by atoms with Gasteiger partial charge in [-0.3, -0.25) is 9.69 Å². The second kappa shape index (κ2) is 9.17. The summed E-state index contributed by atoms with van der Waals surface area (Å²) >= 11 is 0. The van der Waals surface area contributed by atoms with Gasteiger partial charge in [0.1, 0.15) is 5.82 Å². The Kier molecular flexibility index (Phi) is 6.18. The molecule has 1 aliphatic rings. The van der Waals surface area contributed by atoms with Crippen LogP contribution in [0.1, 0.15) is 29.9 Å². The van der Waals surface area contributed by atoms with Gasteiger partial charge < -0.3 is 9.84 Å².